The van der Waals surface area contributed by atoms with E-state index in [1.807, 2.05) is 0 Å². The average Bonchev–Trinajstić information content (AvgIpc) is 3.26. The molecule has 0 bridgehead atoms. The molecular formula is C17H31N3O4. The number of hydrogen-bond acceptors (Lipinski definition) is 5. The molecule has 0 aromatic heterocycles. The highest BCUT2D eigenvalue weighted by Crippen LogP contribution is 2.43. The Morgan fingerprint density at radius 1 is 1.25 bits per heavy atom. The van der Waals surface area contributed by atoms with Gasteiger partial charge in [-0.05, 0) is 19.8 Å². The van der Waals surface area contributed by atoms with E-state index in [2.05, 4.69) is 22.3 Å². The molecule has 3 atom stereocenters. The standard InChI is InChI=1S/C17H31N3O4/c1-4-5-6-7-8-9-14(21)20-17(10-13(17)15(18)22)11-19-12(2)16(23)24-3/h12-13,19H,4-11H2,1-3H3,(H2,18,22)(H,20,21)/t12-,13+,17?/m0/s1. The molecule has 2 amide bonds. The summed E-state index contributed by atoms with van der Waals surface area (Å²) in [7, 11) is 1.32. The summed E-state index contributed by atoms with van der Waals surface area (Å²) < 4.78 is 4.66. The van der Waals surface area contributed by atoms with Crippen LogP contribution in [0.25, 0.3) is 0 Å². The van der Waals surface area contributed by atoms with Gasteiger partial charge in [0.15, 0.2) is 0 Å². The van der Waals surface area contributed by atoms with E-state index >= 15 is 0 Å². The fraction of sp³-hybridized carbons (Fsp3) is 0.824. The lowest BCUT2D eigenvalue weighted by Crippen LogP contribution is -2.50. The van der Waals surface area contributed by atoms with Crippen LogP contribution in [0.5, 0.6) is 0 Å². The molecule has 138 valence electrons. The predicted octanol–water partition coefficient (Wildman–Crippen LogP) is 0.858. The lowest BCUT2D eigenvalue weighted by Gasteiger charge is -2.21. The first-order valence-electron chi connectivity index (χ1n) is 8.78. The maximum absolute atomic E-state index is 12.2. The minimum absolute atomic E-state index is 0.0669. The number of carbonyl (C=O) groups excluding carboxylic acids is 3. The smallest absolute Gasteiger partial charge is 0.322 e. The molecule has 0 saturated heterocycles. The molecule has 1 aliphatic carbocycles. The molecule has 0 aliphatic heterocycles. The number of esters is 1. The maximum atomic E-state index is 12.2. The fourth-order valence-electron chi connectivity index (χ4n) is 2.88. The zero-order valence-electron chi connectivity index (χ0n) is 15.0. The fourth-order valence-corrected chi connectivity index (χ4v) is 2.88. The lowest BCUT2D eigenvalue weighted by molar-refractivity contribution is -0.142. The Bertz CT molecular complexity index is 455. The van der Waals surface area contributed by atoms with Crippen molar-refractivity contribution in [2.75, 3.05) is 13.7 Å². The summed E-state index contributed by atoms with van der Waals surface area (Å²) in [5.41, 5.74) is 4.71. The number of nitrogens with two attached hydrogens (primary N) is 1. The van der Waals surface area contributed by atoms with Crippen molar-refractivity contribution in [1.29, 1.82) is 0 Å². The number of primary amides is 1. The molecule has 7 nitrogen and oxygen atoms in total. The van der Waals surface area contributed by atoms with Crippen molar-refractivity contribution >= 4 is 17.8 Å². The second kappa shape index (κ2) is 9.61. The Hall–Kier alpha value is -1.63. The van der Waals surface area contributed by atoms with Gasteiger partial charge < -0.3 is 21.1 Å². The van der Waals surface area contributed by atoms with Crippen LogP contribution in [0.15, 0.2) is 0 Å². The van der Waals surface area contributed by atoms with Crippen LogP contribution in [-0.4, -0.2) is 43.0 Å². The molecule has 1 aliphatic rings. The first kappa shape index (κ1) is 20.4. The van der Waals surface area contributed by atoms with Gasteiger partial charge in [-0.1, -0.05) is 32.6 Å². The molecule has 0 spiro atoms. The SMILES string of the molecule is CCCCCCCC(=O)NC1(CN[C@@H](C)C(=O)OC)C[C@@H]1C(N)=O. The number of methoxy groups -OCH3 is 1. The summed E-state index contributed by atoms with van der Waals surface area (Å²) in [4.78, 5) is 35.1. The molecule has 0 radical (unpaired) electrons. The van der Waals surface area contributed by atoms with E-state index in [0.717, 1.165) is 19.3 Å². The number of carbonyl (C=O) groups is 3. The van der Waals surface area contributed by atoms with Crippen LogP contribution in [-0.2, 0) is 19.1 Å². The Balaban J connectivity index is 2.46. The largest absolute Gasteiger partial charge is 0.468 e. The average molecular weight is 341 g/mol. The van der Waals surface area contributed by atoms with Crippen molar-refractivity contribution in [1.82, 2.24) is 10.6 Å². The first-order valence-corrected chi connectivity index (χ1v) is 8.78. The minimum atomic E-state index is -0.672. The van der Waals surface area contributed by atoms with Crippen molar-refractivity contribution in [3.05, 3.63) is 0 Å². The number of amides is 2. The van der Waals surface area contributed by atoms with Gasteiger partial charge in [0, 0.05) is 13.0 Å². The molecule has 7 heteroatoms. The van der Waals surface area contributed by atoms with Gasteiger partial charge in [-0.3, -0.25) is 14.4 Å². The molecule has 0 aromatic carbocycles. The first-order chi connectivity index (χ1) is 11.4. The van der Waals surface area contributed by atoms with Gasteiger partial charge in [0.25, 0.3) is 0 Å². The second-order valence-corrected chi connectivity index (χ2v) is 6.65. The van der Waals surface area contributed by atoms with Crippen molar-refractivity contribution < 1.29 is 19.1 Å². The molecule has 24 heavy (non-hydrogen) atoms. The van der Waals surface area contributed by atoms with Gasteiger partial charge in [0.05, 0.1) is 18.6 Å². The molecule has 0 aromatic rings. The Morgan fingerprint density at radius 3 is 2.46 bits per heavy atom. The molecule has 1 unspecified atom stereocenters. The Labute approximate surface area is 144 Å². The molecular weight excluding hydrogens is 310 g/mol. The van der Waals surface area contributed by atoms with Gasteiger partial charge >= 0.3 is 5.97 Å². The number of rotatable bonds is 12. The summed E-state index contributed by atoms with van der Waals surface area (Å²) in [5.74, 6) is -1.27. The highest BCUT2D eigenvalue weighted by molar-refractivity contribution is 5.85. The van der Waals surface area contributed by atoms with E-state index in [-0.39, 0.29) is 17.8 Å². The topological polar surface area (TPSA) is 111 Å². The van der Waals surface area contributed by atoms with Crippen LogP contribution < -0.4 is 16.4 Å². The second-order valence-electron chi connectivity index (χ2n) is 6.65. The third kappa shape index (κ3) is 6.11. The van der Waals surface area contributed by atoms with E-state index in [1.54, 1.807) is 6.92 Å². The van der Waals surface area contributed by atoms with Gasteiger partial charge in [0.1, 0.15) is 6.04 Å². The van der Waals surface area contributed by atoms with Crippen molar-refractivity contribution in [2.45, 2.75) is 70.4 Å². The van der Waals surface area contributed by atoms with Crippen LogP contribution in [0.3, 0.4) is 0 Å². The van der Waals surface area contributed by atoms with Crippen LogP contribution in [0, 0.1) is 5.92 Å². The van der Waals surface area contributed by atoms with Gasteiger partial charge in [-0.25, -0.2) is 0 Å². The van der Waals surface area contributed by atoms with E-state index in [1.165, 1.54) is 20.0 Å². The highest BCUT2D eigenvalue weighted by Gasteiger charge is 2.58. The summed E-state index contributed by atoms with van der Waals surface area (Å²) >= 11 is 0. The maximum Gasteiger partial charge on any atom is 0.322 e. The zero-order valence-corrected chi connectivity index (χ0v) is 15.0. The molecule has 0 heterocycles. The van der Waals surface area contributed by atoms with Crippen LogP contribution >= 0.6 is 0 Å². The third-order valence-corrected chi connectivity index (χ3v) is 4.59. The molecule has 1 saturated carbocycles. The van der Waals surface area contributed by atoms with Crippen LogP contribution in [0.1, 0.15) is 58.8 Å². The lowest BCUT2D eigenvalue weighted by atomic mass is 10.1. The number of nitrogens with one attached hydrogen (secondary N) is 2. The number of hydrogen-bond donors (Lipinski definition) is 3. The van der Waals surface area contributed by atoms with Crippen molar-refractivity contribution in [3.8, 4) is 0 Å². The number of ether oxygens (including phenoxy) is 1. The van der Waals surface area contributed by atoms with E-state index in [9.17, 15) is 14.4 Å². The van der Waals surface area contributed by atoms with E-state index < -0.39 is 17.5 Å². The van der Waals surface area contributed by atoms with Gasteiger partial charge in [0.2, 0.25) is 11.8 Å². The van der Waals surface area contributed by atoms with E-state index in [4.69, 9.17) is 5.73 Å². The normalized spacial score (nSPS) is 23.4. The summed E-state index contributed by atoms with van der Waals surface area (Å²) in [6.07, 6.45) is 6.32. The van der Waals surface area contributed by atoms with Crippen LogP contribution in [0.4, 0.5) is 0 Å². The summed E-state index contributed by atoms with van der Waals surface area (Å²) in [6, 6.07) is -0.507. The van der Waals surface area contributed by atoms with Gasteiger partial charge in [-0.2, -0.15) is 0 Å². The summed E-state index contributed by atoms with van der Waals surface area (Å²) in [5, 5.41) is 5.96. The molecule has 1 rings (SSSR count). The van der Waals surface area contributed by atoms with Crippen LogP contribution in [0.2, 0.25) is 0 Å². The van der Waals surface area contributed by atoms with Crippen molar-refractivity contribution in [2.24, 2.45) is 11.7 Å². The minimum Gasteiger partial charge on any atom is -0.468 e. The van der Waals surface area contributed by atoms with Gasteiger partial charge in [-0.15, -0.1) is 0 Å². The summed E-state index contributed by atoms with van der Waals surface area (Å²) in [6.45, 7) is 4.14. The predicted molar refractivity (Wildman–Crippen MR) is 91.0 cm³/mol. The zero-order chi connectivity index (χ0) is 18.2. The molecule has 4 N–H and O–H groups in total. The molecule has 1 fully saturated rings. The highest BCUT2D eigenvalue weighted by atomic mass is 16.5. The Morgan fingerprint density at radius 2 is 1.92 bits per heavy atom. The number of unbranched alkanes of at least 4 members (excludes halogenated alkanes) is 4. The Kier molecular flexibility index (Phi) is 8.18. The third-order valence-electron chi connectivity index (χ3n) is 4.59. The van der Waals surface area contributed by atoms with E-state index in [0.29, 0.717) is 19.4 Å². The quantitative estimate of drug-likeness (QED) is 0.360. The van der Waals surface area contributed by atoms with Crippen molar-refractivity contribution in [3.63, 3.8) is 0 Å². The monoisotopic (exact) mass is 341 g/mol.